The van der Waals surface area contributed by atoms with Gasteiger partial charge in [-0.3, -0.25) is 4.79 Å². The van der Waals surface area contributed by atoms with Crippen LogP contribution in [0.2, 0.25) is 0 Å². The number of nitrogens with zero attached hydrogens (tertiary/aromatic N) is 2. The van der Waals surface area contributed by atoms with Crippen LogP contribution in [0.5, 0.6) is 0 Å². The third kappa shape index (κ3) is 5.38. The Morgan fingerprint density at radius 3 is 2.39 bits per heavy atom. The molecule has 18 heavy (non-hydrogen) atoms. The Hall–Kier alpha value is -1.26. The minimum absolute atomic E-state index is 0.0457. The van der Waals surface area contributed by atoms with Gasteiger partial charge in [-0.15, -0.1) is 0 Å². The molecule has 0 aliphatic rings. The van der Waals surface area contributed by atoms with E-state index < -0.39 is 0 Å². The summed E-state index contributed by atoms with van der Waals surface area (Å²) in [6, 6.07) is 0. The maximum Gasteiger partial charge on any atom is 0.225 e. The first-order chi connectivity index (χ1) is 8.47. The first kappa shape index (κ1) is 16.7. The molecule has 0 heterocycles. The van der Waals surface area contributed by atoms with Gasteiger partial charge in [0.05, 0.1) is 0 Å². The van der Waals surface area contributed by atoms with Gasteiger partial charge >= 0.3 is 0 Å². The monoisotopic (exact) mass is 257 g/mol. The zero-order valence-electron chi connectivity index (χ0n) is 12.0. The van der Waals surface area contributed by atoms with Gasteiger partial charge in [0.1, 0.15) is 5.84 Å². The number of unbranched alkanes of at least 4 members (excludes halogenated alkanes) is 1. The summed E-state index contributed by atoms with van der Waals surface area (Å²) in [5, 5.41) is 11.6. The molecule has 0 radical (unpaired) electrons. The Balaban J connectivity index is 4.44. The van der Waals surface area contributed by atoms with Gasteiger partial charge in [0, 0.05) is 24.9 Å². The molecule has 0 aromatic heterocycles. The van der Waals surface area contributed by atoms with E-state index in [0.717, 1.165) is 19.3 Å². The maximum absolute atomic E-state index is 12.2. The molecule has 0 aromatic rings. The van der Waals surface area contributed by atoms with Crippen molar-refractivity contribution < 1.29 is 10.0 Å². The quantitative estimate of drug-likeness (QED) is 0.302. The number of carbonyl (C=O) groups excluding carboxylic acids is 1. The molecule has 3 N–H and O–H groups in total. The van der Waals surface area contributed by atoms with Gasteiger partial charge in [-0.2, -0.15) is 0 Å². The molecule has 2 unspecified atom stereocenters. The summed E-state index contributed by atoms with van der Waals surface area (Å²) in [5.74, 6) is 0.243. The molecule has 0 rings (SSSR count). The SMILES string of the molecule is CCCCC(C)C(=O)N(CC)CC(C)C(N)=NO. The van der Waals surface area contributed by atoms with E-state index in [0.29, 0.717) is 13.1 Å². The predicted octanol–water partition coefficient (Wildman–Crippen LogP) is 2.04. The molecule has 0 aliphatic heterocycles. The van der Waals surface area contributed by atoms with E-state index in [-0.39, 0.29) is 23.6 Å². The van der Waals surface area contributed by atoms with Crippen LogP contribution in [-0.4, -0.2) is 34.9 Å². The Morgan fingerprint density at radius 1 is 1.33 bits per heavy atom. The Labute approximate surface area is 110 Å². The molecule has 106 valence electrons. The molecular formula is C13H27N3O2. The number of oxime groups is 1. The van der Waals surface area contributed by atoms with Gasteiger partial charge in [-0.1, -0.05) is 38.8 Å². The number of hydrogen-bond acceptors (Lipinski definition) is 3. The van der Waals surface area contributed by atoms with E-state index in [1.54, 1.807) is 4.90 Å². The second-order valence-corrected chi connectivity index (χ2v) is 4.85. The van der Waals surface area contributed by atoms with Crippen LogP contribution in [-0.2, 0) is 4.79 Å². The van der Waals surface area contributed by atoms with Crippen LogP contribution in [0.15, 0.2) is 5.16 Å². The molecule has 0 aliphatic carbocycles. The standard InChI is InChI=1S/C13H27N3O2/c1-5-7-8-10(3)13(17)16(6-2)9-11(4)12(14)15-18/h10-11,18H,5-9H2,1-4H3,(H2,14,15). The summed E-state index contributed by atoms with van der Waals surface area (Å²) in [6.45, 7) is 9.04. The average molecular weight is 257 g/mol. The van der Waals surface area contributed by atoms with Gasteiger partial charge in [0.2, 0.25) is 5.91 Å². The van der Waals surface area contributed by atoms with Crippen molar-refractivity contribution in [3.63, 3.8) is 0 Å². The fourth-order valence-electron chi connectivity index (χ4n) is 1.84. The van der Waals surface area contributed by atoms with Crippen molar-refractivity contribution in [2.45, 2.75) is 47.0 Å². The summed E-state index contributed by atoms with van der Waals surface area (Å²) in [5.41, 5.74) is 5.54. The second kappa shape index (κ2) is 8.78. The molecule has 0 fully saturated rings. The van der Waals surface area contributed by atoms with Crippen LogP contribution in [0, 0.1) is 11.8 Å². The number of amidine groups is 1. The lowest BCUT2D eigenvalue weighted by atomic mass is 10.0. The molecule has 1 amide bonds. The normalized spacial score (nSPS) is 15.2. The molecule has 0 spiro atoms. The molecule has 0 saturated carbocycles. The summed E-state index contributed by atoms with van der Waals surface area (Å²) < 4.78 is 0. The molecule has 0 bridgehead atoms. The topological polar surface area (TPSA) is 78.9 Å². The predicted molar refractivity (Wildman–Crippen MR) is 73.5 cm³/mol. The number of rotatable bonds is 8. The first-order valence-corrected chi connectivity index (χ1v) is 6.74. The lowest BCUT2D eigenvalue weighted by Crippen LogP contribution is -2.41. The number of amides is 1. The molecule has 5 heteroatoms. The lowest BCUT2D eigenvalue weighted by molar-refractivity contribution is -0.135. The van der Waals surface area contributed by atoms with Gasteiger partial charge in [-0.25, -0.2) is 0 Å². The van der Waals surface area contributed by atoms with Crippen molar-refractivity contribution in [3.8, 4) is 0 Å². The van der Waals surface area contributed by atoms with E-state index >= 15 is 0 Å². The maximum atomic E-state index is 12.2. The van der Waals surface area contributed by atoms with Crippen molar-refractivity contribution in [2.75, 3.05) is 13.1 Å². The summed E-state index contributed by atoms with van der Waals surface area (Å²) in [6.07, 6.45) is 3.09. The van der Waals surface area contributed by atoms with Crippen molar-refractivity contribution in [3.05, 3.63) is 0 Å². The minimum Gasteiger partial charge on any atom is -0.409 e. The third-order valence-corrected chi connectivity index (χ3v) is 3.22. The smallest absolute Gasteiger partial charge is 0.225 e. The van der Waals surface area contributed by atoms with Crippen LogP contribution >= 0.6 is 0 Å². The van der Waals surface area contributed by atoms with Crippen molar-refractivity contribution in [1.29, 1.82) is 0 Å². The molecule has 0 aromatic carbocycles. The van der Waals surface area contributed by atoms with E-state index in [4.69, 9.17) is 10.9 Å². The van der Waals surface area contributed by atoms with Crippen molar-refractivity contribution in [2.24, 2.45) is 22.7 Å². The number of hydrogen-bond donors (Lipinski definition) is 2. The van der Waals surface area contributed by atoms with E-state index in [1.165, 1.54) is 0 Å². The fraction of sp³-hybridized carbons (Fsp3) is 0.846. The molecular weight excluding hydrogens is 230 g/mol. The highest BCUT2D eigenvalue weighted by Crippen LogP contribution is 2.13. The van der Waals surface area contributed by atoms with Crippen molar-refractivity contribution in [1.82, 2.24) is 4.90 Å². The lowest BCUT2D eigenvalue weighted by Gasteiger charge is -2.27. The van der Waals surface area contributed by atoms with Gasteiger partial charge in [0.15, 0.2) is 0 Å². The number of carbonyl (C=O) groups is 1. The van der Waals surface area contributed by atoms with E-state index in [1.807, 2.05) is 20.8 Å². The summed E-state index contributed by atoms with van der Waals surface area (Å²) in [4.78, 5) is 14.0. The highest BCUT2D eigenvalue weighted by Gasteiger charge is 2.21. The van der Waals surface area contributed by atoms with Crippen LogP contribution in [0.3, 0.4) is 0 Å². The van der Waals surface area contributed by atoms with Gasteiger partial charge < -0.3 is 15.8 Å². The summed E-state index contributed by atoms with van der Waals surface area (Å²) >= 11 is 0. The van der Waals surface area contributed by atoms with E-state index in [9.17, 15) is 4.79 Å². The van der Waals surface area contributed by atoms with Crippen LogP contribution in [0.25, 0.3) is 0 Å². The minimum atomic E-state index is -0.128. The highest BCUT2D eigenvalue weighted by atomic mass is 16.4. The van der Waals surface area contributed by atoms with Crippen LogP contribution < -0.4 is 5.73 Å². The van der Waals surface area contributed by atoms with E-state index in [2.05, 4.69) is 12.1 Å². The first-order valence-electron chi connectivity index (χ1n) is 6.74. The molecule has 2 atom stereocenters. The zero-order chi connectivity index (χ0) is 14.1. The Morgan fingerprint density at radius 2 is 1.94 bits per heavy atom. The fourth-order valence-corrected chi connectivity index (χ4v) is 1.84. The number of nitrogens with two attached hydrogens (primary N) is 1. The second-order valence-electron chi connectivity index (χ2n) is 4.85. The average Bonchev–Trinajstić information content (AvgIpc) is 2.39. The third-order valence-electron chi connectivity index (χ3n) is 3.22. The molecule has 5 nitrogen and oxygen atoms in total. The van der Waals surface area contributed by atoms with Crippen molar-refractivity contribution >= 4 is 11.7 Å². The van der Waals surface area contributed by atoms with Crippen LogP contribution in [0.4, 0.5) is 0 Å². The summed E-state index contributed by atoms with van der Waals surface area (Å²) in [7, 11) is 0. The largest absolute Gasteiger partial charge is 0.409 e. The van der Waals surface area contributed by atoms with Gasteiger partial charge in [-0.05, 0) is 13.3 Å². The zero-order valence-corrected chi connectivity index (χ0v) is 12.0. The Bertz CT molecular complexity index is 279. The highest BCUT2D eigenvalue weighted by molar-refractivity contribution is 5.83. The van der Waals surface area contributed by atoms with Crippen LogP contribution in [0.1, 0.15) is 47.0 Å². The van der Waals surface area contributed by atoms with Gasteiger partial charge in [0.25, 0.3) is 0 Å². The molecule has 0 saturated heterocycles. The Kier molecular flexibility index (Phi) is 8.16.